The first kappa shape index (κ1) is 16.9. The lowest BCUT2D eigenvalue weighted by molar-refractivity contribution is -0.122. The highest BCUT2D eigenvalue weighted by Gasteiger charge is 2.35. The molecule has 25 heavy (non-hydrogen) atoms. The number of ether oxygens (including phenoxy) is 1. The lowest BCUT2D eigenvalue weighted by Gasteiger charge is -2.18. The highest BCUT2D eigenvalue weighted by atomic mass is 16.5. The van der Waals surface area contributed by atoms with Crippen molar-refractivity contribution in [2.24, 2.45) is 5.92 Å². The maximum atomic E-state index is 12.4. The van der Waals surface area contributed by atoms with Crippen molar-refractivity contribution in [1.82, 2.24) is 9.97 Å². The monoisotopic (exact) mass is 340 g/mol. The summed E-state index contributed by atoms with van der Waals surface area (Å²) in [5.74, 6) is -0.668. The van der Waals surface area contributed by atoms with Crippen LogP contribution < -0.4 is 15.0 Å². The first-order valence-corrected chi connectivity index (χ1v) is 8.02. The number of carbonyl (C=O) groups is 2. The smallest absolute Gasteiger partial charge is 0.316 e. The molecule has 2 amide bonds. The number of nitrogens with one attached hydrogen (secondary N) is 1. The molecule has 130 valence electrons. The van der Waals surface area contributed by atoms with Gasteiger partial charge in [-0.1, -0.05) is 6.07 Å². The van der Waals surface area contributed by atoms with E-state index in [9.17, 15) is 9.59 Å². The Morgan fingerprint density at radius 1 is 1.24 bits per heavy atom. The quantitative estimate of drug-likeness (QED) is 0.921. The van der Waals surface area contributed by atoms with Gasteiger partial charge < -0.3 is 15.0 Å². The van der Waals surface area contributed by atoms with Gasteiger partial charge in [0.2, 0.25) is 11.8 Å². The second-order valence-electron chi connectivity index (χ2n) is 6.12. The molecule has 2 aromatic rings. The van der Waals surface area contributed by atoms with Crippen LogP contribution in [0.4, 0.5) is 11.4 Å². The largest absolute Gasteiger partial charge is 0.467 e. The van der Waals surface area contributed by atoms with Gasteiger partial charge in [-0.3, -0.25) is 9.59 Å². The fourth-order valence-corrected chi connectivity index (χ4v) is 2.76. The summed E-state index contributed by atoms with van der Waals surface area (Å²) >= 11 is 0. The maximum absolute atomic E-state index is 12.4. The van der Waals surface area contributed by atoms with E-state index < -0.39 is 5.92 Å². The summed E-state index contributed by atoms with van der Waals surface area (Å²) in [5.41, 5.74) is 3.59. The Bertz CT molecular complexity index is 804. The highest BCUT2D eigenvalue weighted by molar-refractivity contribution is 6.03. The van der Waals surface area contributed by atoms with E-state index in [1.807, 2.05) is 32.0 Å². The number of hydrogen-bond donors (Lipinski definition) is 1. The second-order valence-corrected chi connectivity index (χ2v) is 6.12. The summed E-state index contributed by atoms with van der Waals surface area (Å²) in [6, 6.07) is 6.11. The third-order valence-corrected chi connectivity index (χ3v) is 4.38. The molecule has 1 N–H and O–H groups in total. The topological polar surface area (TPSA) is 84.4 Å². The minimum absolute atomic E-state index is 0.0469. The number of benzene rings is 1. The Balaban J connectivity index is 1.68. The van der Waals surface area contributed by atoms with E-state index in [0.29, 0.717) is 12.2 Å². The third kappa shape index (κ3) is 3.60. The van der Waals surface area contributed by atoms with Crippen molar-refractivity contribution in [3.8, 4) is 6.01 Å². The number of anilines is 2. The molecule has 3 rings (SSSR count). The molecular formula is C18H20N4O3. The van der Waals surface area contributed by atoms with Crippen molar-refractivity contribution < 1.29 is 14.3 Å². The van der Waals surface area contributed by atoms with E-state index >= 15 is 0 Å². The summed E-state index contributed by atoms with van der Waals surface area (Å²) in [5, 5.41) is 2.75. The van der Waals surface area contributed by atoms with Crippen molar-refractivity contribution in [2.75, 3.05) is 23.9 Å². The fraction of sp³-hybridized carbons (Fsp3) is 0.333. The molecule has 1 aromatic carbocycles. The van der Waals surface area contributed by atoms with Gasteiger partial charge in [-0.15, -0.1) is 0 Å². The molecule has 0 spiro atoms. The van der Waals surface area contributed by atoms with Gasteiger partial charge in [0.05, 0.1) is 31.1 Å². The number of nitrogens with zero attached hydrogens (tertiary/aromatic N) is 3. The SMILES string of the molecule is COc1ncc(NC(=O)C2CC(=O)N(c3ccc(C)c(C)c3)C2)cn1. The molecule has 1 fully saturated rings. The van der Waals surface area contributed by atoms with Crippen LogP contribution in [0.25, 0.3) is 0 Å². The zero-order chi connectivity index (χ0) is 18.0. The van der Waals surface area contributed by atoms with E-state index in [0.717, 1.165) is 11.3 Å². The predicted molar refractivity (Wildman–Crippen MR) is 93.6 cm³/mol. The molecule has 1 unspecified atom stereocenters. The van der Waals surface area contributed by atoms with Gasteiger partial charge in [0.15, 0.2) is 0 Å². The van der Waals surface area contributed by atoms with Crippen LogP contribution in [-0.4, -0.2) is 35.4 Å². The Morgan fingerprint density at radius 2 is 1.96 bits per heavy atom. The molecule has 2 heterocycles. The van der Waals surface area contributed by atoms with E-state index in [2.05, 4.69) is 15.3 Å². The lowest BCUT2D eigenvalue weighted by atomic mass is 10.1. The highest BCUT2D eigenvalue weighted by Crippen LogP contribution is 2.27. The van der Waals surface area contributed by atoms with E-state index in [1.165, 1.54) is 25.1 Å². The minimum Gasteiger partial charge on any atom is -0.467 e. The molecule has 0 bridgehead atoms. The molecule has 1 aliphatic rings. The van der Waals surface area contributed by atoms with Gasteiger partial charge in [0.25, 0.3) is 0 Å². The van der Waals surface area contributed by atoms with Gasteiger partial charge in [0, 0.05) is 18.7 Å². The summed E-state index contributed by atoms with van der Waals surface area (Å²) in [4.78, 5) is 34.3. The van der Waals surface area contributed by atoms with Gasteiger partial charge in [0.1, 0.15) is 0 Å². The number of aryl methyl sites for hydroxylation is 2. The van der Waals surface area contributed by atoms with Gasteiger partial charge in [-0.25, -0.2) is 9.97 Å². The van der Waals surface area contributed by atoms with Crippen LogP contribution in [0.15, 0.2) is 30.6 Å². The van der Waals surface area contributed by atoms with Crippen molar-refractivity contribution >= 4 is 23.2 Å². The van der Waals surface area contributed by atoms with Crippen LogP contribution in [-0.2, 0) is 9.59 Å². The molecule has 0 aliphatic carbocycles. The second kappa shape index (κ2) is 6.88. The third-order valence-electron chi connectivity index (χ3n) is 4.38. The average Bonchev–Trinajstić information content (AvgIpc) is 3.00. The van der Waals surface area contributed by atoms with Gasteiger partial charge >= 0.3 is 6.01 Å². The molecule has 0 saturated carbocycles. The number of amides is 2. The Kier molecular flexibility index (Phi) is 4.65. The van der Waals surface area contributed by atoms with Crippen LogP contribution in [0.3, 0.4) is 0 Å². The van der Waals surface area contributed by atoms with Crippen molar-refractivity contribution in [3.63, 3.8) is 0 Å². The Hall–Kier alpha value is -2.96. The van der Waals surface area contributed by atoms with Crippen LogP contribution in [0, 0.1) is 19.8 Å². The van der Waals surface area contributed by atoms with Crippen molar-refractivity contribution in [2.45, 2.75) is 20.3 Å². The first-order valence-electron chi connectivity index (χ1n) is 8.02. The van der Waals surface area contributed by atoms with Crippen LogP contribution >= 0.6 is 0 Å². The normalized spacial score (nSPS) is 16.8. The number of rotatable bonds is 4. The molecule has 7 heteroatoms. The Morgan fingerprint density at radius 3 is 2.60 bits per heavy atom. The molecule has 1 aromatic heterocycles. The van der Waals surface area contributed by atoms with Gasteiger partial charge in [-0.2, -0.15) is 0 Å². The van der Waals surface area contributed by atoms with Crippen molar-refractivity contribution in [1.29, 1.82) is 0 Å². The van der Waals surface area contributed by atoms with E-state index in [-0.39, 0.29) is 24.2 Å². The summed E-state index contributed by atoms with van der Waals surface area (Å²) < 4.78 is 4.88. The minimum atomic E-state index is -0.406. The number of carbonyl (C=O) groups excluding carboxylic acids is 2. The molecule has 1 atom stereocenters. The number of methoxy groups -OCH3 is 1. The molecule has 1 saturated heterocycles. The maximum Gasteiger partial charge on any atom is 0.316 e. The van der Waals surface area contributed by atoms with Crippen molar-refractivity contribution in [3.05, 3.63) is 41.7 Å². The lowest BCUT2D eigenvalue weighted by Crippen LogP contribution is -2.28. The first-order chi connectivity index (χ1) is 12.0. The van der Waals surface area contributed by atoms with Crippen LogP contribution in [0.5, 0.6) is 6.01 Å². The fourth-order valence-electron chi connectivity index (χ4n) is 2.76. The Labute approximate surface area is 146 Å². The molecule has 1 aliphatic heterocycles. The van der Waals surface area contributed by atoms with E-state index in [1.54, 1.807) is 4.90 Å². The van der Waals surface area contributed by atoms with Crippen LogP contribution in [0.1, 0.15) is 17.5 Å². The molecule has 0 radical (unpaired) electrons. The van der Waals surface area contributed by atoms with Gasteiger partial charge in [-0.05, 0) is 37.1 Å². The zero-order valence-corrected chi connectivity index (χ0v) is 14.4. The molecule has 7 nitrogen and oxygen atoms in total. The standard InChI is InChI=1S/C18H20N4O3/c1-11-4-5-15(6-12(11)2)22-10-13(7-16(22)23)17(24)21-14-8-19-18(25-3)20-9-14/h4-6,8-9,13H,7,10H2,1-3H3,(H,21,24). The summed E-state index contributed by atoms with van der Waals surface area (Å²) in [6.45, 7) is 4.40. The van der Waals surface area contributed by atoms with Crippen LogP contribution in [0.2, 0.25) is 0 Å². The average molecular weight is 340 g/mol. The number of hydrogen-bond acceptors (Lipinski definition) is 5. The molecular weight excluding hydrogens is 320 g/mol. The zero-order valence-electron chi connectivity index (χ0n) is 14.4. The summed E-state index contributed by atoms with van der Waals surface area (Å²) in [6.07, 6.45) is 3.14. The number of aromatic nitrogens is 2. The van der Waals surface area contributed by atoms with E-state index in [4.69, 9.17) is 4.74 Å². The predicted octanol–water partition coefficient (Wildman–Crippen LogP) is 2.09. The summed E-state index contributed by atoms with van der Waals surface area (Å²) in [7, 11) is 1.47.